The molecule has 0 aliphatic rings. The molecule has 2 aromatic heterocycles. The molecule has 0 atom stereocenters. The number of nitrogens with zero attached hydrogens (tertiary/aromatic N) is 4. The summed E-state index contributed by atoms with van der Waals surface area (Å²) in [6, 6.07) is 3.04. The van der Waals surface area contributed by atoms with Crippen LogP contribution in [0, 0.1) is 0 Å². The molecule has 3 N–H and O–H groups in total. The van der Waals surface area contributed by atoms with Gasteiger partial charge in [0.15, 0.2) is 17.3 Å². The van der Waals surface area contributed by atoms with Crippen molar-refractivity contribution in [2.24, 2.45) is 7.05 Å². The molecule has 3 rings (SSSR count). The summed E-state index contributed by atoms with van der Waals surface area (Å²) >= 11 is 0. The summed E-state index contributed by atoms with van der Waals surface area (Å²) in [4.78, 5) is 48.3. The minimum atomic E-state index is -0.574. The number of amides is 1. The zero-order valence-corrected chi connectivity index (χ0v) is 15.9. The van der Waals surface area contributed by atoms with E-state index >= 15 is 0 Å². The summed E-state index contributed by atoms with van der Waals surface area (Å²) in [5.74, 6) is -0.322. The summed E-state index contributed by atoms with van der Waals surface area (Å²) in [6.45, 7) is 1.23. The first-order chi connectivity index (χ1) is 13.8. The van der Waals surface area contributed by atoms with Gasteiger partial charge in [-0.25, -0.2) is 15.0 Å². The zero-order chi connectivity index (χ0) is 21.1. The van der Waals surface area contributed by atoms with Crippen LogP contribution in [0.1, 0.15) is 17.3 Å². The summed E-state index contributed by atoms with van der Waals surface area (Å²) < 4.78 is 12.0. The molecule has 0 aliphatic heterocycles. The Morgan fingerprint density at radius 1 is 1.24 bits per heavy atom. The van der Waals surface area contributed by atoms with Gasteiger partial charge in [-0.3, -0.25) is 24.3 Å². The van der Waals surface area contributed by atoms with Gasteiger partial charge in [-0.1, -0.05) is 0 Å². The Kier molecular flexibility index (Phi) is 5.39. The minimum absolute atomic E-state index is 0.0219. The maximum absolute atomic E-state index is 12.7. The maximum atomic E-state index is 12.7. The second-order valence-corrected chi connectivity index (χ2v) is 6.07. The summed E-state index contributed by atoms with van der Waals surface area (Å²) in [5, 5.41) is 2.80. The molecule has 0 bridgehead atoms. The number of Topliss-reactive ketones (excluding diaryl/α,β-unsaturated/α-hetero) is 1. The molecule has 3 aromatic rings. The van der Waals surface area contributed by atoms with Crippen molar-refractivity contribution < 1.29 is 19.1 Å². The Hall–Kier alpha value is -4.02. The predicted octanol–water partition coefficient (Wildman–Crippen LogP) is 0.534. The van der Waals surface area contributed by atoms with E-state index in [0.29, 0.717) is 0 Å². The molecular formula is C18H18N6O5. The fourth-order valence-electron chi connectivity index (χ4n) is 2.53. The zero-order valence-electron chi connectivity index (χ0n) is 15.9. The van der Waals surface area contributed by atoms with E-state index in [0.717, 1.165) is 0 Å². The van der Waals surface area contributed by atoms with E-state index in [2.05, 4.69) is 20.3 Å². The van der Waals surface area contributed by atoms with Gasteiger partial charge in [0.25, 0.3) is 11.5 Å². The molecule has 0 spiro atoms. The average molecular weight is 398 g/mol. The Labute approximate surface area is 164 Å². The van der Waals surface area contributed by atoms with Gasteiger partial charge in [0.05, 0.1) is 18.1 Å². The van der Waals surface area contributed by atoms with E-state index in [1.807, 2.05) is 0 Å². The van der Waals surface area contributed by atoms with E-state index in [-0.39, 0.29) is 52.3 Å². The number of carbonyl (C=O) groups excluding carboxylic acids is 2. The monoisotopic (exact) mass is 398 g/mol. The Morgan fingerprint density at radius 3 is 2.55 bits per heavy atom. The number of ether oxygens (including phenoxy) is 2. The van der Waals surface area contributed by atoms with Crippen molar-refractivity contribution in [3.63, 3.8) is 0 Å². The molecule has 150 valence electrons. The van der Waals surface area contributed by atoms with Crippen LogP contribution in [0.2, 0.25) is 0 Å². The first-order valence-electron chi connectivity index (χ1n) is 8.40. The molecule has 0 fully saturated rings. The third-order valence-corrected chi connectivity index (χ3v) is 3.96. The van der Waals surface area contributed by atoms with E-state index in [4.69, 9.17) is 15.2 Å². The topological polar surface area (TPSA) is 151 Å². The summed E-state index contributed by atoms with van der Waals surface area (Å²) in [5.41, 5.74) is 5.33. The third kappa shape index (κ3) is 3.98. The van der Waals surface area contributed by atoms with Crippen molar-refractivity contribution in [1.82, 2.24) is 19.5 Å². The van der Waals surface area contributed by atoms with Crippen LogP contribution in [0.15, 0.2) is 29.3 Å². The molecule has 11 nitrogen and oxygen atoms in total. The molecule has 11 heteroatoms. The normalized spacial score (nSPS) is 10.6. The number of ketones is 1. The molecule has 29 heavy (non-hydrogen) atoms. The lowest BCUT2D eigenvalue weighted by atomic mass is 10.2. The van der Waals surface area contributed by atoms with Crippen molar-refractivity contribution in [2.75, 3.05) is 24.8 Å². The molecule has 0 radical (unpaired) electrons. The number of rotatable bonds is 6. The second kappa shape index (κ2) is 7.92. The van der Waals surface area contributed by atoms with Gasteiger partial charge in [0.1, 0.15) is 12.1 Å². The predicted molar refractivity (Wildman–Crippen MR) is 104 cm³/mol. The number of hydrogen-bond acceptors (Lipinski definition) is 9. The van der Waals surface area contributed by atoms with Crippen LogP contribution >= 0.6 is 0 Å². The molecule has 0 unspecified atom stereocenters. The first kappa shape index (κ1) is 19.7. The molecule has 2 heterocycles. The third-order valence-electron chi connectivity index (χ3n) is 3.96. The Balaban J connectivity index is 2.06. The van der Waals surface area contributed by atoms with Crippen LogP contribution in [0.25, 0.3) is 10.9 Å². The van der Waals surface area contributed by atoms with Crippen molar-refractivity contribution in [3.05, 3.63) is 40.4 Å². The van der Waals surface area contributed by atoms with Crippen LogP contribution in [-0.2, 0) is 11.8 Å². The minimum Gasteiger partial charge on any atom is -0.491 e. The number of hydrogen-bond donors (Lipinski definition) is 2. The number of nitrogens with two attached hydrogens (primary N) is 1. The van der Waals surface area contributed by atoms with Crippen LogP contribution in [0.5, 0.6) is 11.5 Å². The van der Waals surface area contributed by atoms with E-state index < -0.39 is 11.5 Å². The van der Waals surface area contributed by atoms with Crippen LogP contribution in [-0.4, -0.2) is 44.9 Å². The fraction of sp³-hybridized carbons (Fsp3) is 0.222. The highest BCUT2D eigenvalue weighted by Crippen LogP contribution is 2.33. The molecule has 0 saturated heterocycles. The number of fused-ring (bicyclic) bond motifs is 1. The molecule has 1 amide bonds. The number of aromatic nitrogens is 4. The highest BCUT2D eigenvalue weighted by Gasteiger charge is 2.18. The van der Waals surface area contributed by atoms with E-state index in [9.17, 15) is 14.4 Å². The number of anilines is 2. The lowest BCUT2D eigenvalue weighted by Crippen LogP contribution is -2.25. The number of benzene rings is 1. The number of methoxy groups -OCH3 is 1. The van der Waals surface area contributed by atoms with Gasteiger partial charge in [0, 0.05) is 19.4 Å². The summed E-state index contributed by atoms with van der Waals surface area (Å²) in [7, 11) is 2.86. The molecule has 1 aromatic carbocycles. The van der Waals surface area contributed by atoms with Crippen LogP contribution < -0.4 is 26.1 Å². The highest BCUT2D eigenvalue weighted by molar-refractivity contribution is 6.03. The Morgan fingerprint density at radius 2 is 1.93 bits per heavy atom. The number of nitrogens with one attached hydrogen (secondary N) is 1. The highest BCUT2D eigenvalue weighted by atomic mass is 16.5. The van der Waals surface area contributed by atoms with Crippen molar-refractivity contribution in [1.29, 1.82) is 0 Å². The standard InChI is InChI=1S/C18H18N6O5/c1-9(25)8-29-12-5-4-11-13(14(12)28-3)22-18(24(2)16(11)27)23-15(26)10-6-20-17(19)21-7-10/h4-7H,8H2,1-3H3,(H2,19,20,21)(H,22,23,26). The van der Waals surface area contributed by atoms with Crippen molar-refractivity contribution >= 4 is 34.5 Å². The number of carbonyl (C=O) groups is 2. The largest absolute Gasteiger partial charge is 0.491 e. The van der Waals surface area contributed by atoms with Crippen molar-refractivity contribution in [3.8, 4) is 11.5 Å². The van der Waals surface area contributed by atoms with Gasteiger partial charge >= 0.3 is 0 Å². The Bertz CT molecular complexity index is 1160. The van der Waals surface area contributed by atoms with Gasteiger partial charge in [-0.05, 0) is 19.1 Å². The fourth-order valence-corrected chi connectivity index (χ4v) is 2.53. The van der Waals surface area contributed by atoms with E-state index in [1.165, 1.54) is 50.2 Å². The first-order valence-corrected chi connectivity index (χ1v) is 8.40. The maximum Gasteiger partial charge on any atom is 0.262 e. The lowest BCUT2D eigenvalue weighted by Gasteiger charge is -2.14. The molecule has 0 aliphatic carbocycles. The van der Waals surface area contributed by atoms with Gasteiger partial charge in [-0.15, -0.1) is 0 Å². The van der Waals surface area contributed by atoms with Gasteiger partial charge in [-0.2, -0.15) is 0 Å². The average Bonchev–Trinajstić information content (AvgIpc) is 2.70. The van der Waals surface area contributed by atoms with Crippen LogP contribution in [0.3, 0.4) is 0 Å². The quantitative estimate of drug-likeness (QED) is 0.606. The summed E-state index contributed by atoms with van der Waals surface area (Å²) in [6.07, 6.45) is 2.51. The second-order valence-electron chi connectivity index (χ2n) is 6.07. The van der Waals surface area contributed by atoms with Crippen molar-refractivity contribution in [2.45, 2.75) is 6.92 Å². The molecular weight excluding hydrogens is 380 g/mol. The van der Waals surface area contributed by atoms with Crippen LogP contribution in [0.4, 0.5) is 11.9 Å². The molecule has 0 saturated carbocycles. The van der Waals surface area contributed by atoms with Gasteiger partial charge in [0.2, 0.25) is 11.9 Å². The van der Waals surface area contributed by atoms with E-state index in [1.54, 1.807) is 0 Å². The smallest absolute Gasteiger partial charge is 0.262 e. The number of nitrogen functional groups attached to an aromatic ring is 1. The van der Waals surface area contributed by atoms with Gasteiger partial charge < -0.3 is 15.2 Å². The SMILES string of the molecule is COc1c(OCC(C)=O)ccc2c(=O)n(C)c(NC(=O)c3cnc(N)nc3)nc12. The lowest BCUT2D eigenvalue weighted by molar-refractivity contribution is -0.118.